The molecular formula is C10H17N3OS. The molecule has 0 radical (unpaired) electrons. The van der Waals surface area contributed by atoms with Crippen molar-refractivity contribution in [3.63, 3.8) is 0 Å². The molecule has 15 heavy (non-hydrogen) atoms. The number of carbonyl (C=O) groups is 1. The van der Waals surface area contributed by atoms with Crippen molar-refractivity contribution >= 4 is 17.2 Å². The third-order valence-electron chi connectivity index (χ3n) is 2.31. The largest absolute Gasteiger partial charge is 0.368 e. The molecule has 0 bridgehead atoms. The average Bonchev–Trinajstić information content (AvgIpc) is 2.41. The Morgan fingerprint density at radius 2 is 2.13 bits per heavy atom. The maximum absolute atomic E-state index is 11.1. The second kappa shape index (κ2) is 4.28. The van der Waals surface area contributed by atoms with Crippen LogP contribution in [0.2, 0.25) is 0 Å². The van der Waals surface area contributed by atoms with E-state index < -0.39 is 5.54 Å². The maximum Gasteiger partial charge on any atom is 0.237 e. The van der Waals surface area contributed by atoms with Gasteiger partial charge in [-0.2, -0.15) is 0 Å². The Morgan fingerprint density at radius 3 is 2.53 bits per heavy atom. The van der Waals surface area contributed by atoms with E-state index in [1.807, 2.05) is 13.8 Å². The molecule has 1 heterocycles. The number of amides is 1. The number of aromatic nitrogens is 1. The Morgan fingerprint density at radius 1 is 1.53 bits per heavy atom. The van der Waals surface area contributed by atoms with Gasteiger partial charge in [0.1, 0.15) is 0 Å². The van der Waals surface area contributed by atoms with Gasteiger partial charge in [-0.05, 0) is 27.7 Å². The highest BCUT2D eigenvalue weighted by molar-refractivity contribution is 7.11. The first-order chi connectivity index (χ1) is 6.83. The highest BCUT2D eigenvalue weighted by atomic mass is 32.1. The highest BCUT2D eigenvalue weighted by Crippen LogP contribution is 2.17. The van der Waals surface area contributed by atoms with E-state index >= 15 is 0 Å². The van der Waals surface area contributed by atoms with Crippen LogP contribution in [0, 0.1) is 13.8 Å². The Hall–Kier alpha value is -0.940. The van der Waals surface area contributed by atoms with E-state index in [-0.39, 0.29) is 5.91 Å². The van der Waals surface area contributed by atoms with Gasteiger partial charge in [0.15, 0.2) is 0 Å². The fourth-order valence-electron chi connectivity index (χ4n) is 1.13. The maximum atomic E-state index is 11.1. The zero-order valence-corrected chi connectivity index (χ0v) is 10.4. The first kappa shape index (κ1) is 12.1. The summed E-state index contributed by atoms with van der Waals surface area (Å²) in [5.74, 6) is -0.346. The van der Waals surface area contributed by atoms with Gasteiger partial charge in [0.05, 0.1) is 16.2 Å². The van der Waals surface area contributed by atoms with Crippen LogP contribution in [0.5, 0.6) is 0 Å². The van der Waals surface area contributed by atoms with Crippen LogP contribution in [0.25, 0.3) is 0 Å². The number of rotatable bonds is 4. The van der Waals surface area contributed by atoms with E-state index in [2.05, 4.69) is 10.3 Å². The summed E-state index contributed by atoms with van der Waals surface area (Å²) in [7, 11) is 0. The van der Waals surface area contributed by atoms with Crippen LogP contribution in [-0.2, 0) is 11.3 Å². The van der Waals surface area contributed by atoms with E-state index in [1.165, 1.54) is 0 Å². The molecule has 3 N–H and O–H groups in total. The fraction of sp³-hybridized carbons (Fsp3) is 0.600. The second-order valence-corrected chi connectivity index (χ2v) is 5.37. The molecule has 0 saturated heterocycles. The number of thiazole rings is 1. The lowest BCUT2D eigenvalue weighted by Gasteiger charge is -2.21. The molecule has 0 aliphatic heterocycles. The van der Waals surface area contributed by atoms with Crippen LogP contribution >= 0.6 is 11.3 Å². The first-order valence-electron chi connectivity index (χ1n) is 4.81. The topological polar surface area (TPSA) is 68.0 Å². The van der Waals surface area contributed by atoms with Gasteiger partial charge in [0.2, 0.25) is 5.91 Å². The van der Waals surface area contributed by atoms with Gasteiger partial charge >= 0.3 is 0 Å². The van der Waals surface area contributed by atoms with Crippen LogP contribution in [0.3, 0.4) is 0 Å². The normalized spacial score (nSPS) is 11.7. The molecule has 0 aromatic carbocycles. The molecule has 5 heteroatoms. The second-order valence-electron chi connectivity index (χ2n) is 4.08. The van der Waals surface area contributed by atoms with Crippen LogP contribution in [0.1, 0.15) is 29.4 Å². The molecule has 1 amide bonds. The van der Waals surface area contributed by atoms with Crippen molar-refractivity contribution in [3.05, 3.63) is 15.6 Å². The lowest BCUT2D eigenvalue weighted by atomic mass is 10.1. The summed E-state index contributed by atoms with van der Waals surface area (Å²) < 4.78 is 0. The van der Waals surface area contributed by atoms with Crippen LogP contribution < -0.4 is 11.1 Å². The van der Waals surface area contributed by atoms with Gasteiger partial charge in [-0.3, -0.25) is 10.1 Å². The zero-order valence-electron chi connectivity index (χ0n) is 9.55. The Labute approximate surface area is 93.9 Å². The molecule has 0 saturated carbocycles. The van der Waals surface area contributed by atoms with E-state index in [9.17, 15) is 4.79 Å². The first-order valence-corrected chi connectivity index (χ1v) is 5.62. The average molecular weight is 227 g/mol. The lowest BCUT2D eigenvalue weighted by Crippen LogP contribution is -2.50. The van der Waals surface area contributed by atoms with Crippen molar-refractivity contribution in [1.82, 2.24) is 10.3 Å². The number of nitrogens with one attached hydrogen (secondary N) is 1. The van der Waals surface area contributed by atoms with Crippen LogP contribution in [0.4, 0.5) is 0 Å². The molecule has 1 aromatic rings. The molecule has 84 valence electrons. The van der Waals surface area contributed by atoms with Crippen molar-refractivity contribution in [2.24, 2.45) is 5.73 Å². The highest BCUT2D eigenvalue weighted by Gasteiger charge is 2.24. The number of nitrogens with zero attached hydrogens (tertiary/aromatic N) is 1. The minimum absolute atomic E-state index is 0.346. The molecule has 1 rings (SSSR count). The number of hydrogen-bond donors (Lipinski definition) is 2. The number of primary amides is 1. The quantitative estimate of drug-likeness (QED) is 0.809. The predicted molar refractivity (Wildman–Crippen MR) is 61.7 cm³/mol. The summed E-state index contributed by atoms with van der Waals surface area (Å²) in [6.07, 6.45) is 0. The van der Waals surface area contributed by atoms with Crippen molar-refractivity contribution in [2.75, 3.05) is 0 Å². The Bertz CT molecular complexity index is 371. The van der Waals surface area contributed by atoms with Gasteiger partial charge in [-0.15, -0.1) is 11.3 Å². The Kier molecular flexibility index (Phi) is 3.46. The number of carbonyl (C=O) groups excluding carboxylic acids is 1. The molecule has 0 spiro atoms. The van der Waals surface area contributed by atoms with Crippen LogP contribution in [0.15, 0.2) is 0 Å². The lowest BCUT2D eigenvalue weighted by molar-refractivity contribution is -0.123. The van der Waals surface area contributed by atoms with Gasteiger partial charge in [0, 0.05) is 11.4 Å². The molecule has 0 aliphatic carbocycles. The molecule has 4 nitrogen and oxygen atoms in total. The zero-order chi connectivity index (χ0) is 11.6. The number of nitrogens with two attached hydrogens (primary N) is 1. The van der Waals surface area contributed by atoms with Crippen molar-refractivity contribution < 1.29 is 4.79 Å². The van der Waals surface area contributed by atoms with E-state index in [0.717, 1.165) is 15.6 Å². The minimum Gasteiger partial charge on any atom is -0.368 e. The Balaban J connectivity index is 2.65. The summed E-state index contributed by atoms with van der Waals surface area (Å²) in [5, 5.41) is 4.17. The number of aryl methyl sites for hydroxylation is 2. The SMILES string of the molecule is Cc1nc(C)c(CNC(C)(C)C(N)=O)s1. The predicted octanol–water partition coefficient (Wildman–Crippen LogP) is 1.11. The van der Waals surface area contributed by atoms with Gasteiger partial charge in [-0.25, -0.2) is 4.98 Å². The standard InChI is InChI=1S/C10H17N3OS/c1-6-8(15-7(2)13-6)5-12-10(3,4)9(11)14/h12H,5H2,1-4H3,(H2,11,14). The number of hydrogen-bond acceptors (Lipinski definition) is 4. The summed E-state index contributed by atoms with van der Waals surface area (Å²) in [6, 6.07) is 0. The molecule has 1 aromatic heterocycles. The van der Waals surface area contributed by atoms with Crippen LogP contribution in [-0.4, -0.2) is 16.4 Å². The van der Waals surface area contributed by atoms with Crippen molar-refractivity contribution in [2.45, 2.75) is 39.8 Å². The molecular weight excluding hydrogens is 210 g/mol. The van der Waals surface area contributed by atoms with Crippen molar-refractivity contribution in [1.29, 1.82) is 0 Å². The molecule has 0 unspecified atom stereocenters. The smallest absolute Gasteiger partial charge is 0.237 e. The minimum atomic E-state index is -0.676. The third kappa shape index (κ3) is 3.00. The third-order valence-corrected chi connectivity index (χ3v) is 3.38. The molecule has 0 atom stereocenters. The van der Waals surface area contributed by atoms with Gasteiger partial charge in [0.25, 0.3) is 0 Å². The fourth-order valence-corrected chi connectivity index (χ4v) is 2.00. The molecule has 0 aliphatic rings. The van der Waals surface area contributed by atoms with E-state index in [0.29, 0.717) is 6.54 Å². The molecule has 0 fully saturated rings. The summed E-state index contributed by atoms with van der Waals surface area (Å²) in [4.78, 5) is 16.6. The van der Waals surface area contributed by atoms with Gasteiger partial charge < -0.3 is 5.73 Å². The van der Waals surface area contributed by atoms with Gasteiger partial charge in [-0.1, -0.05) is 0 Å². The van der Waals surface area contributed by atoms with E-state index in [4.69, 9.17) is 5.73 Å². The van der Waals surface area contributed by atoms with E-state index in [1.54, 1.807) is 25.2 Å². The van der Waals surface area contributed by atoms with Crippen molar-refractivity contribution in [3.8, 4) is 0 Å². The summed E-state index contributed by atoms with van der Waals surface area (Å²) in [5.41, 5.74) is 5.61. The summed E-state index contributed by atoms with van der Waals surface area (Å²) in [6.45, 7) is 8.13. The monoisotopic (exact) mass is 227 g/mol. The summed E-state index contributed by atoms with van der Waals surface area (Å²) >= 11 is 1.64.